The highest BCUT2D eigenvalue weighted by molar-refractivity contribution is 7.90. The maximum Gasteiger partial charge on any atom is 0.137 e. The fourth-order valence-electron chi connectivity index (χ4n) is 3.73. The van der Waals surface area contributed by atoms with E-state index in [9.17, 15) is 4.55 Å². The zero-order chi connectivity index (χ0) is 22.1. The molecule has 2 aromatic carbocycles. The predicted octanol–water partition coefficient (Wildman–Crippen LogP) is 5.62. The lowest BCUT2D eigenvalue weighted by molar-refractivity contribution is 0.0277. The molecule has 0 saturated heterocycles. The molecule has 0 N–H and O–H groups in total. The molecule has 0 radical (unpaired) electrons. The van der Waals surface area contributed by atoms with Crippen molar-refractivity contribution in [3.63, 3.8) is 0 Å². The molecule has 0 aromatic heterocycles. The van der Waals surface area contributed by atoms with Crippen LogP contribution in [0.3, 0.4) is 0 Å². The van der Waals surface area contributed by atoms with Crippen LogP contribution in [0.1, 0.15) is 51.2 Å². The van der Waals surface area contributed by atoms with Gasteiger partial charge in [-0.25, -0.2) is 0 Å². The lowest BCUT2D eigenvalue weighted by atomic mass is 10.0. The Morgan fingerprint density at radius 2 is 1.71 bits per heavy atom. The van der Waals surface area contributed by atoms with E-state index >= 15 is 0 Å². The molecule has 3 rings (SSSR count). The van der Waals surface area contributed by atoms with Gasteiger partial charge < -0.3 is 14.0 Å². The van der Waals surface area contributed by atoms with Gasteiger partial charge in [-0.15, -0.1) is 4.31 Å². The number of hydrogen-bond acceptors (Lipinski definition) is 4. The Labute approximate surface area is 190 Å². The minimum atomic E-state index is -1.18. The molecular weight excluding hydrogens is 406 g/mol. The quantitative estimate of drug-likeness (QED) is 0.355. The van der Waals surface area contributed by atoms with Crippen LogP contribution < -0.4 is 0 Å². The normalized spacial score (nSPS) is 18.5. The van der Waals surface area contributed by atoms with Gasteiger partial charge >= 0.3 is 0 Å². The van der Waals surface area contributed by atoms with Gasteiger partial charge in [0.2, 0.25) is 0 Å². The third-order valence-electron chi connectivity index (χ3n) is 5.35. The third-order valence-corrected chi connectivity index (χ3v) is 7.23. The number of hydrogen-bond donors (Lipinski definition) is 0. The molecule has 168 valence electrons. The first-order valence-corrected chi connectivity index (χ1v) is 12.2. The van der Waals surface area contributed by atoms with Crippen molar-refractivity contribution in [3.8, 4) is 0 Å². The molecule has 4 nitrogen and oxygen atoms in total. The Balaban J connectivity index is 1.75. The molecule has 1 aliphatic heterocycles. The summed E-state index contributed by atoms with van der Waals surface area (Å²) < 4.78 is 27.4. The molecule has 0 spiro atoms. The lowest BCUT2D eigenvalue weighted by Gasteiger charge is -2.40. The van der Waals surface area contributed by atoms with Gasteiger partial charge in [-0.3, -0.25) is 0 Å². The minimum Gasteiger partial charge on any atom is -0.597 e. The summed E-state index contributed by atoms with van der Waals surface area (Å²) in [6.07, 6.45) is 6.52. The molecule has 1 aliphatic rings. The van der Waals surface area contributed by atoms with Gasteiger partial charge in [0.15, 0.2) is 0 Å². The first kappa shape index (κ1) is 23.9. The predicted molar refractivity (Wildman–Crippen MR) is 128 cm³/mol. The fourth-order valence-corrected chi connectivity index (χ4v) is 5.19. The van der Waals surface area contributed by atoms with E-state index in [1.54, 1.807) is 6.26 Å². The monoisotopic (exact) mass is 441 g/mol. The van der Waals surface area contributed by atoms with E-state index in [0.29, 0.717) is 19.8 Å². The maximum atomic E-state index is 13.6. The summed E-state index contributed by atoms with van der Waals surface area (Å²) in [5.74, 6) is 0. The Bertz CT molecular complexity index is 791. The fraction of sp³-hybridized carbons (Fsp3) is 0.462. The van der Waals surface area contributed by atoms with Crippen molar-refractivity contribution in [3.05, 3.63) is 84.1 Å². The van der Waals surface area contributed by atoms with E-state index in [0.717, 1.165) is 30.4 Å². The Kier molecular flexibility index (Phi) is 9.02. The average Bonchev–Trinajstić information content (AvgIpc) is 2.79. The van der Waals surface area contributed by atoms with Crippen molar-refractivity contribution >= 4 is 11.4 Å². The summed E-state index contributed by atoms with van der Waals surface area (Å²) in [6.45, 7) is 7.90. The van der Waals surface area contributed by atoms with Gasteiger partial charge in [0.1, 0.15) is 10.9 Å². The summed E-state index contributed by atoms with van der Waals surface area (Å²) in [5.41, 5.74) is 2.32. The first-order valence-electron chi connectivity index (χ1n) is 11.1. The topological polar surface area (TPSA) is 44.8 Å². The standard InChI is InChI=1S/C26H35NO3S/c1-26(2,3)31(28)27(20-22-12-6-4-7-13-22)24(25-16-10-11-18-30-25)17-19-29-21-23-14-8-5-9-15-23/h4-9,11-15,18,24-25H,10,16-17,19-21H2,1-3H3/t24-,25-,31-/m0/s1. The summed E-state index contributed by atoms with van der Waals surface area (Å²) >= 11 is -1.18. The van der Waals surface area contributed by atoms with Crippen molar-refractivity contribution in [1.82, 2.24) is 4.31 Å². The molecule has 0 amide bonds. The van der Waals surface area contributed by atoms with Crippen LogP contribution in [-0.4, -0.2) is 32.4 Å². The maximum absolute atomic E-state index is 13.6. The van der Waals surface area contributed by atoms with Crippen LogP contribution in [-0.2, 0) is 34.0 Å². The van der Waals surface area contributed by atoms with Crippen molar-refractivity contribution in [2.24, 2.45) is 0 Å². The highest BCUT2D eigenvalue weighted by Crippen LogP contribution is 2.30. The third kappa shape index (κ3) is 7.39. The zero-order valence-corrected chi connectivity index (χ0v) is 19.7. The molecule has 0 unspecified atom stereocenters. The number of allylic oxidation sites excluding steroid dienone is 1. The van der Waals surface area contributed by atoms with Crippen LogP contribution in [0, 0.1) is 0 Å². The Hall–Kier alpha value is -1.79. The summed E-state index contributed by atoms with van der Waals surface area (Å²) in [7, 11) is 0. The van der Waals surface area contributed by atoms with Gasteiger partial charge in [0.25, 0.3) is 0 Å². The largest absolute Gasteiger partial charge is 0.597 e. The van der Waals surface area contributed by atoms with E-state index in [4.69, 9.17) is 9.47 Å². The first-order chi connectivity index (χ1) is 14.9. The second-order valence-corrected chi connectivity index (χ2v) is 11.1. The van der Waals surface area contributed by atoms with Gasteiger partial charge in [-0.1, -0.05) is 60.7 Å². The highest BCUT2D eigenvalue weighted by atomic mass is 32.2. The molecule has 5 heteroatoms. The van der Waals surface area contributed by atoms with Crippen LogP contribution in [0.2, 0.25) is 0 Å². The SMILES string of the molecule is CC(C)(C)[S@+]([O-])N(Cc1ccccc1)[C@@H](CCOCc1ccccc1)[C@@H]1CCC=CO1. The van der Waals surface area contributed by atoms with E-state index in [1.807, 2.05) is 57.2 Å². The molecule has 0 bridgehead atoms. The average molecular weight is 442 g/mol. The van der Waals surface area contributed by atoms with Gasteiger partial charge in [0, 0.05) is 18.0 Å². The molecule has 0 saturated carbocycles. The van der Waals surface area contributed by atoms with E-state index in [-0.39, 0.29) is 16.9 Å². The molecule has 0 fully saturated rings. The van der Waals surface area contributed by atoms with Crippen LogP contribution >= 0.6 is 0 Å². The van der Waals surface area contributed by atoms with Crippen molar-refractivity contribution in [2.45, 2.75) is 70.1 Å². The zero-order valence-electron chi connectivity index (χ0n) is 18.9. The molecular formula is C26H35NO3S. The van der Waals surface area contributed by atoms with Gasteiger partial charge in [0.05, 0.1) is 25.5 Å². The van der Waals surface area contributed by atoms with Crippen molar-refractivity contribution < 1.29 is 14.0 Å². The van der Waals surface area contributed by atoms with Crippen LogP contribution in [0.15, 0.2) is 73.0 Å². The smallest absolute Gasteiger partial charge is 0.137 e. The van der Waals surface area contributed by atoms with Crippen LogP contribution in [0.5, 0.6) is 0 Å². The minimum absolute atomic E-state index is 0.000313. The van der Waals surface area contributed by atoms with Gasteiger partial charge in [-0.05, 0) is 57.2 Å². The summed E-state index contributed by atoms with van der Waals surface area (Å²) in [4.78, 5) is 0. The Morgan fingerprint density at radius 3 is 2.29 bits per heavy atom. The number of rotatable bonds is 10. The van der Waals surface area contributed by atoms with Crippen LogP contribution in [0.4, 0.5) is 0 Å². The lowest BCUT2D eigenvalue weighted by Crippen LogP contribution is -2.52. The molecule has 3 atom stereocenters. The van der Waals surface area contributed by atoms with E-state index in [1.165, 1.54) is 0 Å². The van der Waals surface area contributed by atoms with Crippen LogP contribution in [0.25, 0.3) is 0 Å². The number of ether oxygens (including phenoxy) is 2. The number of benzene rings is 2. The molecule has 0 aliphatic carbocycles. The molecule has 1 heterocycles. The summed E-state index contributed by atoms with van der Waals surface area (Å²) in [6, 6.07) is 20.5. The van der Waals surface area contributed by atoms with Crippen molar-refractivity contribution in [1.29, 1.82) is 0 Å². The van der Waals surface area contributed by atoms with Gasteiger partial charge in [-0.2, -0.15) is 0 Å². The molecule has 2 aromatic rings. The van der Waals surface area contributed by atoms with E-state index in [2.05, 4.69) is 34.6 Å². The highest BCUT2D eigenvalue weighted by Gasteiger charge is 2.41. The Morgan fingerprint density at radius 1 is 1.06 bits per heavy atom. The van der Waals surface area contributed by atoms with E-state index < -0.39 is 11.4 Å². The second-order valence-electron chi connectivity index (χ2n) is 8.94. The summed E-state index contributed by atoms with van der Waals surface area (Å²) in [5, 5.41) is 0. The second kappa shape index (κ2) is 11.7. The number of nitrogens with zero attached hydrogens (tertiary/aromatic N) is 1. The molecule has 31 heavy (non-hydrogen) atoms. The van der Waals surface area contributed by atoms with Crippen molar-refractivity contribution in [2.75, 3.05) is 6.61 Å².